The first-order chi connectivity index (χ1) is 8.65. The maximum absolute atomic E-state index is 6.12. The Morgan fingerprint density at radius 1 is 1.17 bits per heavy atom. The van der Waals surface area contributed by atoms with Gasteiger partial charge < -0.3 is 10.3 Å². The molecule has 0 aliphatic rings. The third-order valence-corrected chi connectivity index (χ3v) is 3.84. The van der Waals surface area contributed by atoms with E-state index in [1.165, 1.54) is 32.9 Å². The van der Waals surface area contributed by atoms with Gasteiger partial charge in [0.05, 0.1) is 5.52 Å². The summed E-state index contributed by atoms with van der Waals surface area (Å²) in [6, 6.07) is 10.7. The van der Waals surface area contributed by atoms with Crippen LogP contribution in [0.1, 0.15) is 18.1 Å². The Kier molecular flexibility index (Phi) is 2.34. The van der Waals surface area contributed by atoms with Crippen LogP contribution in [0.25, 0.3) is 21.8 Å². The van der Waals surface area contributed by atoms with Gasteiger partial charge in [0.2, 0.25) is 0 Å². The fourth-order valence-corrected chi connectivity index (χ4v) is 2.98. The number of nitrogen functional groups attached to an aromatic ring is 1. The predicted molar refractivity (Wildman–Crippen MR) is 79.0 cm³/mol. The maximum atomic E-state index is 6.12. The van der Waals surface area contributed by atoms with Crippen LogP contribution in [-0.4, -0.2) is 4.57 Å². The molecule has 0 saturated carbocycles. The highest BCUT2D eigenvalue weighted by Gasteiger charge is 2.14. The fourth-order valence-electron chi connectivity index (χ4n) is 2.98. The van der Waals surface area contributed by atoms with Gasteiger partial charge in [0.1, 0.15) is 0 Å². The Morgan fingerprint density at radius 2 is 1.89 bits per heavy atom. The molecule has 2 nitrogen and oxygen atoms in total. The number of rotatable bonds is 1. The summed E-state index contributed by atoms with van der Waals surface area (Å²) in [6.07, 6.45) is 0. The lowest BCUT2D eigenvalue weighted by Gasteiger charge is -2.09. The highest BCUT2D eigenvalue weighted by Crippen LogP contribution is 2.35. The van der Waals surface area contributed by atoms with Crippen molar-refractivity contribution in [2.75, 3.05) is 5.73 Å². The minimum Gasteiger partial charge on any atom is -0.398 e. The van der Waals surface area contributed by atoms with Crippen molar-refractivity contribution in [3.05, 3.63) is 41.5 Å². The van der Waals surface area contributed by atoms with Crippen LogP contribution in [0.3, 0.4) is 0 Å². The van der Waals surface area contributed by atoms with Gasteiger partial charge in [-0.25, -0.2) is 0 Å². The minimum atomic E-state index is 0.888. The van der Waals surface area contributed by atoms with E-state index in [2.05, 4.69) is 55.7 Å². The smallest absolute Gasteiger partial charge is 0.0525 e. The number of nitrogens with two attached hydrogens (primary N) is 1. The number of aromatic nitrogens is 1. The Bertz CT molecular complexity index is 751. The van der Waals surface area contributed by atoms with Gasteiger partial charge in [-0.1, -0.05) is 18.2 Å². The topological polar surface area (TPSA) is 30.9 Å². The van der Waals surface area contributed by atoms with Crippen LogP contribution in [0, 0.1) is 13.8 Å². The van der Waals surface area contributed by atoms with Crippen LogP contribution in [0.4, 0.5) is 5.69 Å². The molecule has 3 aromatic rings. The normalized spacial score (nSPS) is 11.5. The van der Waals surface area contributed by atoms with Crippen LogP contribution in [0.5, 0.6) is 0 Å². The molecule has 2 N–H and O–H groups in total. The van der Waals surface area contributed by atoms with Gasteiger partial charge in [-0.15, -0.1) is 0 Å². The van der Waals surface area contributed by atoms with Gasteiger partial charge >= 0.3 is 0 Å². The van der Waals surface area contributed by atoms with Crippen LogP contribution in [0.2, 0.25) is 0 Å². The van der Waals surface area contributed by atoms with Gasteiger partial charge in [0.25, 0.3) is 0 Å². The number of anilines is 1. The lowest BCUT2D eigenvalue weighted by atomic mass is 10.0. The minimum absolute atomic E-state index is 0.888. The third kappa shape index (κ3) is 1.29. The number of nitrogens with zero attached hydrogens (tertiary/aromatic N) is 1. The number of fused-ring (bicyclic) bond motifs is 3. The molecule has 0 bridgehead atoms. The second-order valence-electron chi connectivity index (χ2n) is 4.89. The average Bonchev–Trinajstić information content (AvgIpc) is 2.71. The van der Waals surface area contributed by atoms with Gasteiger partial charge in [-0.05, 0) is 44.0 Å². The van der Waals surface area contributed by atoms with Crippen LogP contribution < -0.4 is 5.73 Å². The first-order valence-corrected chi connectivity index (χ1v) is 6.41. The molecule has 0 spiro atoms. The molecule has 1 aromatic heterocycles. The van der Waals surface area contributed by atoms with Crippen molar-refractivity contribution in [2.45, 2.75) is 27.3 Å². The quantitative estimate of drug-likeness (QED) is 0.638. The Morgan fingerprint density at radius 3 is 2.61 bits per heavy atom. The van der Waals surface area contributed by atoms with E-state index in [4.69, 9.17) is 5.73 Å². The molecule has 0 aliphatic carbocycles. The van der Waals surface area contributed by atoms with Gasteiger partial charge in [0, 0.05) is 28.5 Å². The van der Waals surface area contributed by atoms with Crippen molar-refractivity contribution in [3.8, 4) is 0 Å². The summed E-state index contributed by atoms with van der Waals surface area (Å²) in [4.78, 5) is 0. The first-order valence-electron chi connectivity index (χ1n) is 6.41. The Labute approximate surface area is 107 Å². The third-order valence-electron chi connectivity index (χ3n) is 3.84. The largest absolute Gasteiger partial charge is 0.398 e. The molecule has 0 unspecified atom stereocenters. The summed E-state index contributed by atoms with van der Waals surface area (Å²) in [5, 5.41) is 2.62. The Balaban J connectivity index is 2.68. The van der Waals surface area contributed by atoms with Crippen molar-refractivity contribution in [3.63, 3.8) is 0 Å². The van der Waals surface area contributed by atoms with E-state index >= 15 is 0 Å². The molecular formula is C16H18N2. The maximum Gasteiger partial charge on any atom is 0.0525 e. The van der Waals surface area contributed by atoms with Gasteiger partial charge in [0.15, 0.2) is 0 Å². The van der Waals surface area contributed by atoms with E-state index < -0.39 is 0 Å². The fraction of sp³-hybridized carbons (Fsp3) is 0.250. The molecule has 18 heavy (non-hydrogen) atoms. The second-order valence-corrected chi connectivity index (χ2v) is 4.89. The molecule has 0 saturated heterocycles. The van der Waals surface area contributed by atoms with E-state index in [9.17, 15) is 0 Å². The highest BCUT2D eigenvalue weighted by atomic mass is 15.0. The number of hydrogen-bond acceptors (Lipinski definition) is 1. The summed E-state index contributed by atoms with van der Waals surface area (Å²) in [7, 11) is 0. The van der Waals surface area contributed by atoms with Crippen molar-refractivity contribution < 1.29 is 0 Å². The van der Waals surface area contributed by atoms with Crippen molar-refractivity contribution in [2.24, 2.45) is 0 Å². The highest BCUT2D eigenvalue weighted by molar-refractivity contribution is 6.12. The lowest BCUT2D eigenvalue weighted by molar-refractivity contribution is 0.825. The zero-order valence-electron chi connectivity index (χ0n) is 11.1. The predicted octanol–water partition coefficient (Wildman–Crippen LogP) is 4.01. The summed E-state index contributed by atoms with van der Waals surface area (Å²) in [6.45, 7) is 7.43. The zero-order valence-corrected chi connectivity index (χ0v) is 11.1. The molecule has 0 atom stereocenters. The Hall–Kier alpha value is -1.96. The van der Waals surface area contributed by atoms with Crippen molar-refractivity contribution in [1.29, 1.82) is 0 Å². The molecule has 2 heteroatoms. The van der Waals surface area contributed by atoms with Crippen molar-refractivity contribution >= 4 is 27.5 Å². The average molecular weight is 238 g/mol. The van der Waals surface area contributed by atoms with Gasteiger partial charge in [-0.3, -0.25) is 0 Å². The van der Waals surface area contributed by atoms with E-state index in [1.54, 1.807) is 0 Å². The molecule has 0 amide bonds. The van der Waals surface area contributed by atoms with Crippen LogP contribution >= 0.6 is 0 Å². The standard InChI is InChI=1S/C16H18N2/c1-4-18-14-8-6-5-7-12(14)15-11(3)13(17)9-10(2)16(15)18/h5-9H,4,17H2,1-3H3. The van der Waals surface area contributed by atoms with E-state index in [0.29, 0.717) is 0 Å². The number of aryl methyl sites for hydroxylation is 3. The summed E-state index contributed by atoms with van der Waals surface area (Å²) in [5.41, 5.74) is 12.1. The molecule has 2 aromatic carbocycles. The molecule has 92 valence electrons. The van der Waals surface area contributed by atoms with Crippen molar-refractivity contribution in [1.82, 2.24) is 4.57 Å². The van der Waals surface area contributed by atoms with Gasteiger partial charge in [-0.2, -0.15) is 0 Å². The molecule has 0 fully saturated rings. The van der Waals surface area contributed by atoms with Crippen LogP contribution in [0.15, 0.2) is 30.3 Å². The molecule has 1 heterocycles. The number of benzene rings is 2. The van der Waals surface area contributed by atoms with Crippen LogP contribution in [-0.2, 0) is 6.54 Å². The number of hydrogen-bond donors (Lipinski definition) is 1. The molecule has 0 radical (unpaired) electrons. The van der Waals surface area contributed by atoms with E-state index in [0.717, 1.165) is 12.2 Å². The summed E-state index contributed by atoms with van der Waals surface area (Å²) >= 11 is 0. The molecule has 3 rings (SSSR count). The lowest BCUT2D eigenvalue weighted by Crippen LogP contribution is -1.97. The molecule has 0 aliphatic heterocycles. The monoisotopic (exact) mass is 238 g/mol. The van der Waals surface area contributed by atoms with E-state index in [-0.39, 0.29) is 0 Å². The second kappa shape index (κ2) is 3.77. The summed E-state index contributed by atoms with van der Waals surface area (Å²) < 4.78 is 2.38. The number of para-hydroxylation sites is 1. The van der Waals surface area contributed by atoms with E-state index in [1.807, 2.05) is 0 Å². The summed E-state index contributed by atoms with van der Waals surface area (Å²) in [5.74, 6) is 0. The molecular weight excluding hydrogens is 220 g/mol. The first kappa shape index (κ1) is 11.1. The SMILES string of the molecule is CCn1c2ccccc2c2c(C)c(N)cc(C)c21. The zero-order chi connectivity index (χ0) is 12.9.